The number of rotatable bonds is 5. The van der Waals surface area contributed by atoms with Crippen molar-refractivity contribution < 1.29 is 23.5 Å². The Morgan fingerprint density at radius 1 is 1.12 bits per heavy atom. The molecule has 0 aromatic heterocycles. The Hall–Kier alpha value is -3.45. The number of halogens is 3. The van der Waals surface area contributed by atoms with Gasteiger partial charge in [0.1, 0.15) is 12.0 Å². The van der Waals surface area contributed by atoms with E-state index in [2.05, 4.69) is 0 Å². The summed E-state index contributed by atoms with van der Waals surface area (Å²) in [4.78, 5) is 27.6. The van der Waals surface area contributed by atoms with E-state index < -0.39 is 23.9 Å². The van der Waals surface area contributed by atoms with Gasteiger partial charge in [-0.1, -0.05) is 29.8 Å². The quantitative estimate of drug-likeness (QED) is 0.528. The standard InChI is InChI=1S/C25H21ClF2N2O3/c1-14-6-7-16(25(32)33)10-18(14)15-8-9-21(22(11-15)30-12-17(27)13-30)29(2)24(31)23-19(26)4-3-5-20(23)28/h3-11,17H,12-13H2,1-2H3,(H,32,33). The van der Waals surface area contributed by atoms with Gasteiger partial charge in [-0.3, -0.25) is 4.79 Å². The second-order valence-electron chi connectivity index (χ2n) is 8.00. The van der Waals surface area contributed by atoms with E-state index in [9.17, 15) is 23.5 Å². The number of amides is 1. The van der Waals surface area contributed by atoms with Gasteiger partial charge in [-0.05, 0) is 60.0 Å². The zero-order valence-electron chi connectivity index (χ0n) is 18.0. The fourth-order valence-electron chi connectivity index (χ4n) is 3.89. The van der Waals surface area contributed by atoms with E-state index in [1.807, 2.05) is 6.92 Å². The number of benzene rings is 3. The minimum Gasteiger partial charge on any atom is -0.478 e. The van der Waals surface area contributed by atoms with E-state index in [0.717, 1.165) is 17.2 Å². The van der Waals surface area contributed by atoms with E-state index in [0.29, 0.717) is 16.9 Å². The maximum absolute atomic E-state index is 14.4. The van der Waals surface area contributed by atoms with Crippen LogP contribution >= 0.6 is 11.6 Å². The molecule has 1 N–H and O–H groups in total. The monoisotopic (exact) mass is 470 g/mol. The normalized spacial score (nSPS) is 13.5. The summed E-state index contributed by atoms with van der Waals surface area (Å²) in [5.41, 5.74) is 3.26. The third kappa shape index (κ3) is 4.28. The van der Waals surface area contributed by atoms with Crippen LogP contribution in [0.4, 0.5) is 20.2 Å². The number of aryl methyl sites for hydroxylation is 1. The van der Waals surface area contributed by atoms with Crippen LogP contribution in [0.25, 0.3) is 11.1 Å². The minimum absolute atomic E-state index is 0.00102. The van der Waals surface area contributed by atoms with Crippen LogP contribution in [0.2, 0.25) is 5.02 Å². The summed E-state index contributed by atoms with van der Waals surface area (Å²) in [5, 5.41) is 9.36. The van der Waals surface area contributed by atoms with Crippen LogP contribution < -0.4 is 9.80 Å². The van der Waals surface area contributed by atoms with Crippen LogP contribution in [0.1, 0.15) is 26.3 Å². The molecule has 3 aromatic carbocycles. The van der Waals surface area contributed by atoms with Crippen LogP contribution in [0.15, 0.2) is 54.6 Å². The van der Waals surface area contributed by atoms with Gasteiger partial charge < -0.3 is 14.9 Å². The summed E-state index contributed by atoms with van der Waals surface area (Å²) in [7, 11) is 1.51. The Bertz CT molecular complexity index is 1240. The first-order chi connectivity index (χ1) is 15.7. The van der Waals surface area contributed by atoms with Gasteiger partial charge >= 0.3 is 5.97 Å². The molecule has 1 heterocycles. The van der Waals surface area contributed by atoms with Crippen LogP contribution in [0.3, 0.4) is 0 Å². The molecule has 0 saturated carbocycles. The van der Waals surface area contributed by atoms with Crippen molar-refractivity contribution in [3.05, 3.63) is 82.1 Å². The lowest BCUT2D eigenvalue weighted by Gasteiger charge is -2.39. The van der Waals surface area contributed by atoms with Gasteiger partial charge in [-0.15, -0.1) is 0 Å². The summed E-state index contributed by atoms with van der Waals surface area (Å²) in [5.74, 6) is -2.40. The molecule has 1 amide bonds. The van der Waals surface area contributed by atoms with E-state index in [4.69, 9.17) is 11.6 Å². The van der Waals surface area contributed by atoms with Crippen molar-refractivity contribution in [1.82, 2.24) is 0 Å². The third-order valence-electron chi connectivity index (χ3n) is 5.79. The van der Waals surface area contributed by atoms with Crippen LogP contribution in [0.5, 0.6) is 0 Å². The highest BCUT2D eigenvalue weighted by atomic mass is 35.5. The molecular weight excluding hydrogens is 450 g/mol. The van der Waals surface area contributed by atoms with Crippen molar-refractivity contribution in [3.8, 4) is 11.1 Å². The molecule has 0 spiro atoms. The Kier molecular flexibility index (Phi) is 6.08. The van der Waals surface area contributed by atoms with Crippen LogP contribution in [-0.4, -0.2) is 43.3 Å². The van der Waals surface area contributed by atoms with Crippen LogP contribution in [0, 0.1) is 12.7 Å². The highest BCUT2D eigenvalue weighted by Gasteiger charge is 2.31. The van der Waals surface area contributed by atoms with Crippen molar-refractivity contribution >= 4 is 34.9 Å². The lowest BCUT2D eigenvalue weighted by atomic mass is 9.96. The molecule has 1 fully saturated rings. The predicted molar refractivity (Wildman–Crippen MR) is 125 cm³/mol. The Balaban J connectivity index is 1.79. The number of nitrogens with zero attached hydrogens (tertiary/aromatic N) is 2. The molecule has 3 aromatic rings. The second kappa shape index (κ2) is 8.83. The van der Waals surface area contributed by atoms with E-state index >= 15 is 0 Å². The smallest absolute Gasteiger partial charge is 0.335 e. The van der Waals surface area contributed by atoms with Gasteiger partial charge in [-0.2, -0.15) is 0 Å². The van der Waals surface area contributed by atoms with Crippen molar-refractivity contribution in [2.24, 2.45) is 0 Å². The van der Waals surface area contributed by atoms with Crippen LogP contribution in [-0.2, 0) is 0 Å². The fourth-order valence-corrected chi connectivity index (χ4v) is 4.14. The number of hydrogen-bond acceptors (Lipinski definition) is 3. The molecule has 0 aliphatic carbocycles. The lowest BCUT2D eigenvalue weighted by Crippen LogP contribution is -2.49. The molecule has 8 heteroatoms. The molecule has 1 aliphatic rings. The molecule has 1 aliphatic heterocycles. The average molecular weight is 471 g/mol. The molecule has 1 saturated heterocycles. The maximum Gasteiger partial charge on any atom is 0.335 e. The van der Waals surface area contributed by atoms with Crippen molar-refractivity contribution in [2.45, 2.75) is 13.1 Å². The van der Waals surface area contributed by atoms with Gasteiger partial charge in [-0.25, -0.2) is 13.6 Å². The predicted octanol–water partition coefficient (Wildman–Crippen LogP) is 5.59. The molecule has 5 nitrogen and oxygen atoms in total. The number of aromatic carboxylic acids is 1. The molecule has 0 unspecified atom stereocenters. The average Bonchev–Trinajstić information content (AvgIpc) is 2.76. The van der Waals surface area contributed by atoms with Crippen molar-refractivity contribution in [3.63, 3.8) is 0 Å². The molecule has 33 heavy (non-hydrogen) atoms. The third-order valence-corrected chi connectivity index (χ3v) is 6.11. The number of carboxylic acids is 1. The number of carbonyl (C=O) groups is 2. The molecule has 4 rings (SSSR count). The maximum atomic E-state index is 14.4. The lowest BCUT2D eigenvalue weighted by molar-refractivity contribution is 0.0696. The zero-order chi connectivity index (χ0) is 23.9. The Labute approximate surface area is 194 Å². The summed E-state index contributed by atoms with van der Waals surface area (Å²) < 4.78 is 28.0. The zero-order valence-corrected chi connectivity index (χ0v) is 18.7. The fraction of sp³-hybridized carbons (Fsp3) is 0.200. The molecule has 0 bridgehead atoms. The molecular formula is C25H21ClF2N2O3. The van der Waals surface area contributed by atoms with Gasteiger partial charge in [0, 0.05) is 7.05 Å². The minimum atomic E-state index is -1.04. The van der Waals surface area contributed by atoms with Gasteiger partial charge in [0.2, 0.25) is 0 Å². The summed E-state index contributed by atoms with van der Waals surface area (Å²) >= 11 is 6.08. The number of carboxylic acid groups (broad SMARTS) is 1. The Morgan fingerprint density at radius 2 is 1.85 bits per heavy atom. The SMILES string of the molecule is Cc1ccc(C(=O)O)cc1-c1ccc(N(C)C(=O)c2c(F)cccc2Cl)c(N2CC(F)C2)c1. The van der Waals surface area contributed by atoms with Gasteiger partial charge in [0.15, 0.2) is 0 Å². The molecule has 170 valence electrons. The van der Waals surface area contributed by atoms with E-state index in [1.54, 1.807) is 35.2 Å². The summed E-state index contributed by atoms with van der Waals surface area (Å²) in [6.07, 6.45) is -0.986. The van der Waals surface area contributed by atoms with Gasteiger partial charge in [0.25, 0.3) is 5.91 Å². The number of hydrogen-bond donors (Lipinski definition) is 1. The number of alkyl halides is 1. The molecule has 0 radical (unpaired) electrons. The van der Waals surface area contributed by atoms with Gasteiger partial charge in [0.05, 0.1) is 40.6 Å². The largest absolute Gasteiger partial charge is 0.478 e. The topological polar surface area (TPSA) is 60.9 Å². The first-order valence-electron chi connectivity index (χ1n) is 10.3. The number of anilines is 2. The highest BCUT2D eigenvalue weighted by molar-refractivity contribution is 6.34. The first kappa shape index (κ1) is 22.7. The number of carbonyl (C=O) groups excluding carboxylic acids is 1. The highest BCUT2D eigenvalue weighted by Crippen LogP contribution is 2.38. The van der Waals surface area contributed by atoms with Crippen molar-refractivity contribution in [1.29, 1.82) is 0 Å². The molecule has 0 atom stereocenters. The van der Waals surface area contributed by atoms with Crippen molar-refractivity contribution in [2.75, 3.05) is 29.9 Å². The summed E-state index contributed by atoms with van der Waals surface area (Å²) in [6, 6.07) is 14.1. The Morgan fingerprint density at radius 3 is 2.48 bits per heavy atom. The second-order valence-corrected chi connectivity index (χ2v) is 8.41. The summed E-state index contributed by atoms with van der Waals surface area (Å²) in [6.45, 7) is 2.19. The first-order valence-corrected chi connectivity index (χ1v) is 10.6. The van der Waals surface area contributed by atoms with E-state index in [1.165, 1.54) is 30.1 Å². The van der Waals surface area contributed by atoms with E-state index in [-0.39, 0.29) is 29.2 Å².